The summed E-state index contributed by atoms with van der Waals surface area (Å²) in [6.45, 7) is 2.32. The van der Waals surface area contributed by atoms with Crippen LogP contribution in [0.5, 0.6) is 0 Å². The van der Waals surface area contributed by atoms with Gasteiger partial charge in [-0.2, -0.15) is 0 Å². The van der Waals surface area contributed by atoms with Crippen molar-refractivity contribution in [1.29, 1.82) is 0 Å². The molecule has 0 bridgehead atoms. The number of hydrogen-bond acceptors (Lipinski definition) is 3. The third-order valence-electron chi connectivity index (χ3n) is 4.97. The van der Waals surface area contributed by atoms with Gasteiger partial charge in [0.15, 0.2) is 0 Å². The quantitative estimate of drug-likeness (QED) is 0.676. The lowest BCUT2D eigenvalue weighted by Crippen LogP contribution is -2.41. The molecule has 1 unspecified atom stereocenters. The first-order valence-corrected chi connectivity index (χ1v) is 9.92. The molecule has 1 aliphatic heterocycles. The molecule has 0 aromatic heterocycles. The van der Waals surface area contributed by atoms with Crippen LogP contribution in [0.15, 0.2) is 48.5 Å². The second-order valence-corrected chi connectivity index (χ2v) is 7.38. The summed E-state index contributed by atoms with van der Waals surface area (Å²) in [5, 5.41) is 9.58. The first-order valence-electron chi connectivity index (χ1n) is 9.55. The number of carboxylic acids is 1. The number of likely N-dealkylation sites (tertiary alicyclic amines) is 1. The van der Waals surface area contributed by atoms with Crippen molar-refractivity contribution in [2.45, 2.75) is 44.9 Å². The Morgan fingerprint density at radius 2 is 1.93 bits per heavy atom. The summed E-state index contributed by atoms with van der Waals surface area (Å²) in [5.74, 6) is -0.733. The lowest BCUT2D eigenvalue weighted by molar-refractivity contribution is -0.137. The maximum atomic E-state index is 10.7. The van der Waals surface area contributed by atoms with E-state index in [-0.39, 0.29) is 12.6 Å². The van der Waals surface area contributed by atoms with E-state index in [1.54, 1.807) is 0 Å². The molecule has 1 N–H and O–H groups in total. The van der Waals surface area contributed by atoms with Gasteiger partial charge in [0.1, 0.15) is 6.23 Å². The zero-order valence-electron chi connectivity index (χ0n) is 15.4. The minimum Gasteiger partial charge on any atom is -0.481 e. The van der Waals surface area contributed by atoms with E-state index in [1.807, 2.05) is 24.3 Å². The molecule has 1 saturated heterocycles. The molecule has 3 rings (SSSR count). The molecular formula is C22H26ClNO3. The van der Waals surface area contributed by atoms with E-state index in [2.05, 4.69) is 29.2 Å². The van der Waals surface area contributed by atoms with Crippen LogP contribution in [0.2, 0.25) is 5.02 Å². The Labute approximate surface area is 165 Å². The van der Waals surface area contributed by atoms with Gasteiger partial charge in [0, 0.05) is 30.1 Å². The van der Waals surface area contributed by atoms with E-state index in [0.29, 0.717) is 13.0 Å². The second kappa shape index (κ2) is 9.88. The van der Waals surface area contributed by atoms with Gasteiger partial charge < -0.3 is 9.84 Å². The summed E-state index contributed by atoms with van der Waals surface area (Å²) >= 11 is 6.27. The Hall–Kier alpha value is -1.88. The SMILES string of the molecule is O=C(O)CCCN1CCCCC1OCc1ccc(-c2ccccc2Cl)cc1. The van der Waals surface area contributed by atoms with Crippen LogP contribution in [0.1, 0.15) is 37.7 Å². The highest BCUT2D eigenvalue weighted by Gasteiger charge is 2.22. The molecule has 2 aromatic carbocycles. The fourth-order valence-corrected chi connectivity index (χ4v) is 3.75. The summed E-state index contributed by atoms with van der Waals surface area (Å²) in [7, 11) is 0. The minimum atomic E-state index is -0.733. The van der Waals surface area contributed by atoms with Gasteiger partial charge in [-0.3, -0.25) is 9.69 Å². The van der Waals surface area contributed by atoms with Crippen molar-refractivity contribution in [2.24, 2.45) is 0 Å². The lowest BCUT2D eigenvalue weighted by Gasteiger charge is -2.35. The molecular weight excluding hydrogens is 362 g/mol. The normalized spacial score (nSPS) is 17.7. The van der Waals surface area contributed by atoms with E-state index in [9.17, 15) is 4.79 Å². The predicted molar refractivity (Wildman–Crippen MR) is 108 cm³/mol. The summed E-state index contributed by atoms with van der Waals surface area (Å²) in [5.41, 5.74) is 3.25. The van der Waals surface area contributed by atoms with Crippen LogP contribution in [0.4, 0.5) is 0 Å². The maximum Gasteiger partial charge on any atom is 0.303 e. The Balaban J connectivity index is 1.55. The average Bonchev–Trinajstić information content (AvgIpc) is 2.68. The van der Waals surface area contributed by atoms with Crippen molar-refractivity contribution in [3.63, 3.8) is 0 Å². The van der Waals surface area contributed by atoms with Gasteiger partial charge in [-0.1, -0.05) is 54.1 Å². The van der Waals surface area contributed by atoms with Gasteiger partial charge >= 0.3 is 5.97 Å². The maximum absolute atomic E-state index is 10.7. The highest BCUT2D eigenvalue weighted by Crippen LogP contribution is 2.28. The van der Waals surface area contributed by atoms with E-state index in [0.717, 1.165) is 54.1 Å². The van der Waals surface area contributed by atoms with Crippen LogP contribution in [-0.2, 0) is 16.1 Å². The van der Waals surface area contributed by atoms with Crippen molar-refractivity contribution in [3.8, 4) is 11.1 Å². The molecule has 2 aromatic rings. The fourth-order valence-electron chi connectivity index (χ4n) is 3.51. The number of halogens is 1. The lowest BCUT2D eigenvalue weighted by atomic mass is 10.0. The third kappa shape index (κ3) is 5.80. The highest BCUT2D eigenvalue weighted by atomic mass is 35.5. The number of carbonyl (C=O) groups is 1. The summed E-state index contributed by atoms with van der Waals surface area (Å²) in [6.07, 6.45) is 4.28. The molecule has 4 nitrogen and oxygen atoms in total. The van der Waals surface area contributed by atoms with Gasteiger partial charge in [-0.05, 0) is 42.9 Å². The first kappa shape index (κ1) is 19.9. The largest absolute Gasteiger partial charge is 0.481 e. The molecule has 1 heterocycles. The number of aliphatic carboxylic acids is 1. The van der Waals surface area contributed by atoms with Gasteiger partial charge in [-0.15, -0.1) is 0 Å². The minimum absolute atomic E-state index is 0.0794. The van der Waals surface area contributed by atoms with Crippen molar-refractivity contribution in [2.75, 3.05) is 13.1 Å². The standard InChI is InChI=1S/C22H26ClNO3/c23-20-7-2-1-6-19(20)18-12-10-17(11-13-18)16-27-21-8-3-4-14-24(21)15-5-9-22(25)26/h1-2,6-7,10-13,21H,3-5,8-9,14-16H2,(H,25,26). The van der Waals surface area contributed by atoms with Crippen LogP contribution in [0.3, 0.4) is 0 Å². The third-order valence-corrected chi connectivity index (χ3v) is 5.30. The van der Waals surface area contributed by atoms with Crippen LogP contribution in [-0.4, -0.2) is 35.3 Å². The summed E-state index contributed by atoms with van der Waals surface area (Å²) < 4.78 is 6.16. The molecule has 5 heteroatoms. The molecule has 1 aliphatic rings. The Bertz CT molecular complexity index is 747. The number of ether oxygens (including phenoxy) is 1. The number of carboxylic acid groups (broad SMARTS) is 1. The van der Waals surface area contributed by atoms with Crippen LogP contribution < -0.4 is 0 Å². The molecule has 0 amide bonds. The second-order valence-electron chi connectivity index (χ2n) is 6.97. The number of benzene rings is 2. The highest BCUT2D eigenvalue weighted by molar-refractivity contribution is 6.33. The van der Waals surface area contributed by atoms with E-state index < -0.39 is 5.97 Å². The monoisotopic (exact) mass is 387 g/mol. The van der Waals surface area contributed by atoms with Gasteiger partial charge in [0.05, 0.1) is 6.61 Å². The van der Waals surface area contributed by atoms with E-state index >= 15 is 0 Å². The number of piperidine rings is 1. The van der Waals surface area contributed by atoms with Gasteiger partial charge in [0.2, 0.25) is 0 Å². The van der Waals surface area contributed by atoms with Gasteiger partial charge in [-0.25, -0.2) is 0 Å². The van der Waals surface area contributed by atoms with Crippen molar-refractivity contribution in [3.05, 3.63) is 59.1 Å². The molecule has 27 heavy (non-hydrogen) atoms. The molecule has 1 atom stereocenters. The van der Waals surface area contributed by atoms with Crippen molar-refractivity contribution in [1.82, 2.24) is 4.90 Å². The smallest absolute Gasteiger partial charge is 0.303 e. The Morgan fingerprint density at radius 3 is 2.67 bits per heavy atom. The molecule has 1 fully saturated rings. The first-order chi connectivity index (χ1) is 13.1. The average molecular weight is 388 g/mol. The summed E-state index contributed by atoms with van der Waals surface area (Å²) in [6, 6.07) is 16.1. The van der Waals surface area contributed by atoms with Crippen LogP contribution >= 0.6 is 11.6 Å². The topological polar surface area (TPSA) is 49.8 Å². The van der Waals surface area contributed by atoms with Gasteiger partial charge in [0.25, 0.3) is 0 Å². The molecule has 0 aliphatic carbocycles. The number of nitrogens with zero attached hydrogens (tertiary/aromatic N) is 1. The van der Waals surface area contributed by atoms with E-state index in [4.69, 9.17) is 21.4 Å². The molecule has 144 valence electrons. The molecule has 0 radical (unpaired) electrons. The number of hydrogen-bond donors (Lipinski definition) is 1. The molecule has 0 spiro atoms. The van der Waals surface area contributed by atoms with E-state index in [1.165, 1.54) is 0 Å². The van der Waals surface area contributed by atoms with Crippen molar-refractivity contribution < 1.29 is 14.6 Å². The predicted octanol–water partition coefficient (Wildman–Crippen LogP) is 5.20. The number of rotatable bonds is 8. The fraction of sp³-hybridized carbons (Fsp3) is 0.409. The Kier molecular flexibility index (Phi) is 7.27. The van der Waals surface area contributed by atoms with Crippen LogP contribution in [0.25, 0.3) is 11.1 Å². The molecule has 0 saturated carbocycles. The Morgan fingerprint density at radius 1 is 1.15 bits per heavy atom. The summed E-state index contributed by atoms with van der Waals surface area (Å²) in [4.78, 5) is 13.0. The van der Waals surface area contributed by atoms with Crippen LogP contribution in [0, 0.1) is 0 Å². The zero-order chi connectivity index (χ0) is 19.1. The zero-order valence-corrected chi connectivity index (χ0v) is 16.2. The van der Waals surface area contributed by atoms with Crippen molar-refractivity contribution >= 4 is 17.6 Å².